The minimum Gasteiger partial charge on any atom is -0.321 e. The van der Waals surface area contributed by atoms with Crippen LogP contribution in [0.5, 0.6) is 0 Å². The van der Waals surface area contributed by atoms with E-state index in [1.807, 2.05) is 12.3 Å². The van der Waals surface area contributed by atoms with E-state index in [-0.39, 0.29) is 0 Å². The number of aromatic nitrogens is 1. The van der Waals surface area contributed by atoms with Crippen molar-refractivity contribution in [3.8, 4) is 5.69 Å². The summed E-state index contributed by atoms with van der Waals surface area (Å²) < 4.78 is 2.18. The van der Waals surface area contributed by atoms with Crippen molar-refractivity contribution in [3.05, 3.63) is 83.2 Å². The molecule has 0 aliphatic rings. The van der Waals surface area contributed by atoms with Crippen LogP contribution in [0.3, 0.4) is 0 Å². The van der Waals surface area contributed by atoms with Gasteiger partial charge in [0.05, 0.1) is 5.69 Å². The molecule has 0 bridgehead atoms. The maximum Gasteiger partial charge on any atom is 0.0632 e. The van der Waals surface area contributed by atoms with Crippen LogP contribution in [0.2, 0.25) is 0 Å². The number of nitrogens with zero attached hydrogens (tertiary/aromatic N) is 2. The van der Waals surface area contributed by atoms with Gasteiger partial charge < -0.3 is 4.57 Å². The molecule has 2 aromatic carbocycles. The molecule has 2 nitrogen and oxygen atoms in total. The smallest absolute Gasteiger partial charge is 0.0632 e. The Morgan fingerprint density at radius 2 is 1.64 bits per heavy atom. The Labute approximate surface area is 131 Å². The summed E-state index contributed by atoms with van der Waals surface area (Å²) in [6, 6.07) is 18.8. The second kappa shape index (κ2) is 6.02. The molecule has 1 heterocycles. The second-order valence-electron chi connectivity index (χ2n) is 5.65. The number of aryl methyl sites for hydroxylation is 3. The zero-order chi connectivity index (χ0) is 15.5. The largest absolute Gasteiger partial charge is 0.321 e. The van der Waals surface area contributed by atoms with Crippen LogP contribution in [-0.2, 0) is 0 Å². The summed E-state index contributed by atoms with van der Waals surface area (Å²) >= 11 is 0. The van der Waals surface area contributed by atoms with Crippen LogP contribution in [0.25, 0.3) is 5.69 Å². The Balaban J connectivity index is 1.87. The molecule has 0 unspecified atom stereocenters. The molecule has 0 saturated heterocycles. The summed E-state index contributed by atoms with van der Waals surface area (Å²) in [7, 11) is 0. The molecule has 3 rings (SSSR count). The van der Waals surface area contributed by atoms with Gasteiger partial charge in [0.15, 0.2) is 0 Å². The standard InChI is InChI=1S/C20H20N2/c1-15-9-10-19(11-16(15)2)21-13-18-12-17(3)22(14-18)20-7-5-4-6-8-20/h4-14H,1-3H3. The molecule has 0 N–H and O–H groups in total. The fourth-order valence-corrected chi connectivity index (χ4v) is 2.49. The van der Waals surface area contributed by atoms with Crippen molar-refractivity contribution in [2.75, 3.05) is 0 Å². The van der Waals surface area contributed by atoms with Gasteiger partial charge in [0.2, 0.25) is 0 Å². The third-order valence-corrected chi connectivity index (χ3v) is 3.92. The molecule has 0 amide bonds. The first-order valence-electron chi connectivity index (χ1n) is 7.49. The molecular weight excluding hydrogens is 268 g/mol. The first-order chi connectivity index (χ1) is 10.6. The minimum absolute atomic E-state index is 0.994. The van der Waals surface area contributed by atoms with E-state index in [9.17, 15) is 0 Å². The second-order valence-corrected chi connectivity index (χ2v) is 5.65. The van der Waals surface area contributed by atoms with Crippen molar-refractivity contribution in [1.29, 1.82) is 0 Å². The van der Waals surface area contributed by atoms with E-state index in [4.69, 9.17) is 0 Å². The van der Waals surface area contributed by atoms with Gasteiger partial charge in [-0.15, -0.1) is 0 Å². The van der Waals surface area contributed by atoms with Crippen LogP contribution in [0, 0.1) is 20.8 Å². The molecule has 0 aliphatic heterocycles. The van der Waals surface area contributed by atoms with Gasteiger partial charge in [0, 0.05) is 29.4 Å². The van der Waals surface area contributed by atoms with Gasteiger partial charge in [0.25, 0.3) is 0 Å². The molecule has 22 heavy (non-hydrogen) atoms. The summed E-state index contributed by atoms with van der Waals surface area (Å²) in [5, 5.41) is 0. The summed E-state index contributed by atoms with van der Waals surface area (Å²) in [6.07, 6.45) is 4.05. The van der Waals surface area contributed by atoms with Gasteiger partial charge in [-0.05, 0) is 62.2 Å². The van der Waals surface area contributed by atoms with E-state index < -0.39 is 0 Å². The van der Waals surface area contributed by atoms with Crippen molar-refractivity contribution in [3.63, 3.8) is 0 Å². The number of aliphatic imine (C=N–C) groups is 1. The lowest BCUT2D eigenvalue weighted by Gasteiger charge is -2.04. The molecule has 0 aliphatic carbocycles. The predicted octanol–water partition coefficient (Wildman–Crippen LogP) is 5.15. The average molecular weight is 288 g/mol. The van der Waals surface area contributed by atoms with Gasteiger partial charge in [-0.2, -0.15) is 0 Å². The monoisotopic (exact) mass is 288 g/mol. The van der Waals surface area contributed by atoms with Crippen LogP contribution in [-0.4, -0.2) is 10.8 Å². The molecule has 0 saturated carbocycles. The first kappa shape index (κ1) is 14.3. The Bertz CT molecular complexity index is 811. The predicted molar refractivity (Wildman–Crippen MR) is 93.7 cm³/mol. The van der Waals surface area contributed by atoms with E-state index >= 15 is 0 Å². The number of rotatable bonds is 3. The van der Waals surface area contributed by atoms with Crippen molar-refractivity contribution >= 4 is 11.9 Å². The molecular formula is C20H20N2. The van der Waals surface area contributed by atoms with Crippen LogP contribution in [0.4, 0.5) is 5.69 Å². The number of hydrogen-bond donors (Lipinski definition) is 0. The van der Waals surface area contributed by atoms with E-state index in [0.29, 0.717) is 0 Å². The lowest BCUT2D eigenvalue weighted by atomic mass is 10.1. The van der Waals surface area contributed by atoms with Crippen LogP contribution in [0.15, 0.2) is 65.8 Å². The highest BCUT2D eigenvalue weighted by Crippen LogP contribution is 2.18. The van der Waals surface area contributed by atoms with Crippen LogP contribution in [0.1, 0.15) is 22.4 Å². The van der Waals surface area contributed by atoms with E-state index in [0.717, 1.165) is 11.3 Å². The van der Waals surface area contributed by atoms with Gasteiger partial charge in [-0.25, -0.2) is 0 Å². The highest BCUT2D eigenvalue weighted by molar-refractivity contribution is 5.82. The molecule has 110 valence electrons. The van der Waals surface area contributed by atoms with E-state index in [2.05, 4.69) is 85.1 Å². The third-order valence-electron chi connectivity index (χ3n) is 3.92. The lowest BCUT2D eigenvalue weighted by Crippen LogP contribution is -1.93. The van der Waals surface area contributed by atoms with E-state index in [1.165, 1.54) is 22.5 Å². The quantitative estimate of drug-likeness (QED) is 0.593. The molecule has 1 aromatic heterocycles. The van der Waals surface area contributed by atoms with Crippen molar-refractivity contribution in [2.45, 2.75) is 20.8 Å². The van der Waals surface area contributed by atoms with Crippen molar-refractivity contribution < 1.29 is 0 Å². The molecule has 3 aromatic rings. The first-order valence-corrected chi connectivity index (χ1v) is 7.49. The lowest BCUT2D eigenvalue weighted by molar-refractivity contribution is 1.02. The maximum atomic E-state index is 4.59. The van der Waals surface area contributed by atoms with Gasteiger partial charge >= 0.3 is 0 Å². The Kier molecular flexibility index (Phi) is 3.92. The average Bonchev–Trinajstić information content (AvgIpc) is 2.90. The van der Waals surface area contributed by atoms with Crippen LogP contribution < -0.4 is 0 Å². The summed E-state index contributed by atoms with van der Waals surface area (Å²) in [6.45, 7) is 6.34. The molecule has 2 heteroatoms. The van der Waals surface area contributed by atoms with Crippen molar-refractivity contribution in [1.82, 2.24) is 4.57 Å². The highest BCUT2D eigenvalue weighted by atomic mass is 15.0. The summed E-state index contributed by atoms with van der Waals surface area (Å²) in [5.74, 6) is 0. The molecule has 0 radical (unpaired) electrons. The third kappa shape index (κ3) is 3.01. The summed E-state index contributed by atoms with van der Waals surface area (Å²) in [4.78, 5) is 4.59. The van der Waals surface area contributed by atoms with Crippen LogP contribution >= 0.6 is 0 Å². The molecule has 0 atom stereocenters. The highest BCUT2D eigenvalue weighted by Gasteiger charge is 2.02. The number of benzene rings is 2. The number of hydrogen-bond acceptors (Lipinski definition) is 1. The van der Waals surface area contributed by atoms with Gasteiger partial charge in [-0.3, -0.25) is 4.99 Å². The fourth-order valence-electron chi connectivity index (χ4n) is 2.49. The Hall–Kier alpha value is -2.61. The Morgan fingerprint density at radius 3 is 2.36 bits per heavy atom. The normalized spacial score (nSPS) is 11.2. The zero-order valence-electron chi connectivity index (χ0n) is 13.2. The number of para-hydroxylation sites is 1. The van der Waals surface area contributed by atoms with E-state index in [1.54, 1.807) is 0 Å². The SMILES string of the molecule is Cc1ccc(N=Cc2cc(C)n(-c3ccccc3)c2)cc1C. The maximum absolute atomic E-state index is 4.59. The topological polar surface area (TPSA) is 17.3 Å². The zero-order valence-corrected chi connectivity index (χ0v) is 13.2. The van der Waals surface area contributed by atoms with Gasteiger partial charge in [-0.1, -0.05) is 24.3 Å². The summed E-state index contributed by atoms with van der Waals surface area (Å²) in [5.41, 5.74) is 7.05. The molecule has 0 spiro atoms. The minimum atomic E-state index is 0.994. The fraction of sp³-hybridized carbons (Fsp3) is 0.150. The van der Waals surface area contributed by atoms with Gasteiger partial charge in [0.1, 0.15) is 0 Å². The van der Waals surface area contributed by atoms with Crippen molar-refractivity contribution in [2.24, 2.45) is 4.99 Å². The molecule has 0 fully saturated rings. The Morgan fingerprint density at radius 1 is 0.864 bits per heavy atom.